The van der Waals surface area contributed by atoms with Crippen LogP contribution in [0.2, 0.25) is 0 Å². The smallest absolute Gasteiger partial charge is 0.291 e. The Morgan fingerprint density at radius 2 is 1.72 bits per heavy atom. The third-order valence-corrected chi connectivity index (χ3v) is 5.77. The van der Waals surface area contributed by atoms with Gasteiger partial charge in [-0.1, -0.05) is 54.6 Å². The van der Waals surface area contributed by atoms with Gasteiger partial charge in [-0.3, -0.25) is 9.59 Å². The number of likely N-dealkylation sites (N-methyl/N-ethyl adjacent to an activating group) is 1. The van der Waals surface area contributed by atoms with Crippen LogP contribution in [0.5, 0.6) is 0 Å². The summed E-state index contributed by atoms with van der Waals surface area (Å²) in [6.45, 7) is 2.84. The molecule has 1 N–H and O–H groups in total. The molecule has 0 aliphatic rings. The number of carbonyl (C=O) groups excluding carboxylic acids is 2. The third-order valence-electron chi connectivity index (χ3n) is 4.90. The average Bonchev–Trinajstić information content (AvgIpc) is 3.52. The number of para-hydroxylation sites is 1. The Labute approximate surface area is 190 Å². The predicted octanol–water partition coefficient (Wildman–Crippen LogP) is 3.77. The maximum atomic E-state index is 12.8. The Kier molecular flexibility index (Phi) is 6.72. The summed E-state index contributed by atoms with van der Waals surface area (Å²) in [5, 5.41) is 9.04. The van der Waals surface area contributed by atoms with E-state index in [9.17, 15) is 9.59 Å². The number of hydrogen-bond acceptors (Lipinski definition) is 5. The van der Waals surface area contributed by atoms with Crippen molar-refractivity contribution in [3.05, 3.63) is 89.6 Å². The molecule has 0 fully saturated rings. The summed E-state index contributed by atoms with van der Waals surface area (Å²) >= 11 is 1.52. The summed E-state index contributed by atoms with van der Waals surface area (Å²) in [6.07, 6.45) is 0. The number of thiophene rings is 1. The molecule has 0 radical (unpaired) electrons. The average molecular weight is 446 g/mol. The summed E-state index contributed by atoms with van der Waals surface area (Å²) in [4.78, 5) is 32.5. The Morgan fingerprint density at radius 1 is 1.00 bits per heavy atom. The molecule has 2 aromatic carbocycles. The maximum absolute atomic E-state index is 12.8. The second kappa shape index (κ2) is 10.0. The van der Waals surface area contributed by atoms with Gasteiger partial charge in [-0.05, 0) is 36.1 Å². The van der Waals surface area contributed by atoms with E-state index >= 15 is 0 Å². The van der Waals surface area contributed by atoms with Gasteiger partial charge >= 0.3 is 0 Å². The lowest BCUT2D eigenvalue weighted by atomic mass is 10.2. The van der Waals surface area contributed by atoms with Gasteiger partial charge in [0.05, 0.1) is 17.1 Å². The van der Waals surface area contributed by atoms with Crippen LogP contribution < -0.4 is 5.32 Å². The van der Waals surface area contributed by atoms with Gasteiger partial charge in [0.1, 0.15) is 0 Å². The zero-order chi connectivity index (χ0) is 22.3. The fraction of sp³-hybridized carbons (Fsp3) is 0.167. The van der Waals surface area contributed by atoms with Crippen molar-refractivity contribution in [1.82, 2.24) is 25.0 Å². The van der Waals surface area contributed by atoms with Crippen molar-refractivity contribution in [3.63, 3.8) is 0 Å². The fourth-order valence-electron chi connectivity index (χ4n) is 3.25. The van der Waals surface area contributed by atoms with Crippen molar-refractivity contribution in [2.45, 2.75) is 13.5 Å². The molecule has 32 heavy (non-hydrogen) atoms. The third kappa shape index (κ3) is 4.92. The molecular formula is C24H23N5O2S. The Morgan fingerprint density at radius 3 is 2.38 bits per heavy atom. The first kappa shape index (κ1) is 21.5. The van der Waals surface area contributed by atoms with E-state index in [-0.39, 0.29) is 18.3 Å². The quantitative estimate of drug-likeness (QED) is 0.448. The highest BCUT2D eigenvalue weighted by molar-refractivity contribution is 7.13. The molecule has 2 heterocycles. The van der Waals surface area contributed by atoms with Crippen LogP contribution in [-0.4, -0.2) is 44.6 Å². The molecule has 0 bridgehead atoms. The second-order valence-corrected chi connectivity index (χ2v) is 8.01. The zero-order valence-electron chi connectivity index (χ0n) is 17.6. The van der Waals surface area contributed by atoms with Crippen molar-refractivity contribution in [2.75, 3.05) is 13.1 Å². The van der Waals surface area contributed by atoms with E-state index in [1.165, 1.54) is 11.3 Å². The lowest BCUT2D eigenvalue weighted by Crippen LogP contribution is -2.40. The standard InChI is InChI=1S/C24H23N5O2S/c1-2-28(17-18-10-5-3-6-11-18)21(30)16-25-24(31)22-26-23(20-14-9-15-32-20)29(27-22)19-12-7-4-8-13-19/h3-15H,2,16-17H2,1H3,(H,25,31). The zero-order valence-corrected chi connectivity index (χ0v) is 18.5. The van der Waals surface area contributed by atoms with Crippen LogP contribution in [0.25, 0.3) is 16.4 Å². The first-order valence-corrected chi connectivity index (χ1v) is 11.2. The Bertz CT molecular complexity index is 1170. The molecule has 0 spiro atoms. The fourth-order valence-corrected chi connectivity index (χ4v) is 3.95. The molecule has 4 rings (SSSR count). The molecule has 0 aliphatic carbocycles. The van der Waals surface area contributed by atoms with Crippen LogP contribution in [0, 0.1) is 0 Å². The number of benzene rings is 2. The number of hydrogen-bond donors (Lipinski definition) is 1. The predicted molar refractivity (Wildman–Crippen MR) is 125 cm³/mol. The van der Waals surface area contributed by atoms with Gasteiger partial charge in [-0.15, -0.1) is 16.4 Å². The first-order valence-electron chi connectivity index (χ1n) is 10.3. The molecule has 2 aromatic heterocycles. The summed E-state index contributed by atoms with van der Waals surface area (Å²) < 4.78 is 1.65. The number of aromatic nitrogens is 3. The number of nitrogens with one attached hydrogen (secondary N) is 1. The minimum absolute atomic E-state index is 0.0242. The molecule has 7 nitrogen and oxygen atoms in total. The van der Waals surface area contributed by atoms with Gasteiger partial charge in [-0.25, -0.2) is 9.67 Å². The van der Waals surface area contributed by atoms with Crippen LogP contribution in [-0.2, 0) is 11.3 Å². The minimum atomic E-state index is -0.485. The summed E-state index contributed by atoms with van der Waals surface area (Å²) in [5.74, 6) is -0.0367. The lowest BCUT2D eigenvalue weighted by molar-refractivity contribution is -0.130. The highest BCUT2D eigenvalue weighted by Crippen LogP contribution is 2.25. The molecule has 0 saturated carbocycles. The number of nitrogens with zero attached hydrogens (tertiary/aromatic N) is 4. The van der Waals surface area contributed by atoms with Gasteiger partial charge in [0.15, 0.2) is 5.82 Å². The number of amides is 2. The number of rotatable bonds is 8. The molecule has 4 aromatic rings. The normalized spacial score (nSPS) is 10.7. The van der Waals surface area contributed by atoms with E-state index in [4.69, 9.17) is 0 Å². The van der Waals surface area contributed by atoms with Crippen molar-refractivity contribution in [2.24, 2.45) is 0 Å². The molecule has 0 unspecified atom stereocenters. The Hall–Kier alpha value is -3.78. The van der Waals surface area contributed by atoms with E-state index < -0.39 is 5.91 Å². The second-order valence-electron chi connectivity index (χ2n) is 7.06. The van der Waals surface area contributed by atoms with Crippen molar-refractivity contribution < 1.29 is 9.59 Å². The van der Waals surface area contributed by atoms with Gasteiger partial charge in [-0.2, -0.15) is 0 Å². The van der Waals surface area contributed by atoms with E-state index in [0.717, 1.165) is 16.1 Å². The van der Waals surface area contributed by atoms with Gasteiger partial charge < -0.3 is 10.2 Å². The van der Waals surface area contributed by atoms with Crippen LogP contribution in [0.15, 0.2) is 78.2 Å². The topological polar surface area (TPSA) is 80.1 Å². The molecule has 0 saturated heterocycles. The lowest BCUT2D eigenvalue weighted by Gasteiger charge is -2.21. The Balaban J connectivity index is 1.48. The minimum Gasteiger partial charge on any atom is -0.340 e. The highest BCUT2D eigenvalue weighted by atomic mass is 32.1. The SMILES string of the molecule is CCN(Cc1ccccc1)C(=O)CNC(=O)c1nc(-c2cccs2)n(-c2ccccc2)n1. The molecular weight excluding hydrogens is 422 g/mol. The van der Waals surface area contributed by atoms with Crippen LogP contribution >= 0.6 is 11.3 Å². The monoisotopic (exact) mass is 445 g/mol. The van der Waals surface area contributed by atoms with Gasteiger partial charge in [0.2, 0.25) is 11.7 Å². The summed E-state index contributed by atoms with van der Waals surface area (Å²) in [7, 11) is 0. The largest absolute Gasteiger partial charge is 0.340 e. The van der Waals surface area contributed by atoms with Gasteiger partial charge in [0, 0.05) is 13.1 Å². The highest BCUT2D eigenvalue weighted by Gasteiger charge is 2.21. The van der Waals surface area contributed by atoms with Gasteiger partial charge in [0.25, 0.3) is 5.91 Å². The number of carbonyl (C=O) groups is 2. The van der Waals surface area contributed by atoms with Crippen molar-refractivity contribution >= 4 is 23.2 Å². The van der Waals surface area contributed by atoms with E-state index in [1.807, 2.05) is 85.1 Å². The molecule has 162 valence electrons. The van der Waals surface area contributed by atoms with Crippen molar-refractivity contribution in [1.29, 1.82) is 0 Å². The summed E-state index contributed by atoms with van der Waals surface area (Å²) in [5.41, 5.74) is 1.84. The summed E-state index contributed by atoms with van der Waals surface area (Å²) in [6, 6.07) is 23.1. The van der Waals surface area contributed by atoms with Crippen molar-refractivity contribution in [3.8, 4) is 16.4 Å². The van der Waals surface area contributed by atoms with Crippen LogP contribution in [0.3, 0.4) is 0 Å². The van der Waals surface area contributed by atoms with Crippen LogP contribution in [0.4, 0.5) is 0 Å². The van der Waals surface area contributed by atoms with E-state index in [1.54, 1.807) is 9.58 Å². The van der Waals surface area contributed by atoms with E-state index in [0.29, 0.717) is 18.9 Å². The molecule has 0 atom stereocenters. The molecule has 0 aliphatic heterocycles. The molecule has 2 amide bonds. The first-order chi connectivity index (χ1) is 15.7. The molecule has 8 heteroatoms. The van der Waals surface area contributed by atoms with E-state index in [2.05, 4.69) is 15.4 Å². The van der Waals surface area contributed by atoms with Crippen LogP contribution in [0.1, 0.15) is 23.1 Å². The maximum Gasteiger partial charge on any atom is 0.291 e.